The molecule has 5 N–H and O–H groups in total. The zero-order valence-electron chi connectivity index (χ0n) is 25.2. The van der Waals surface area contributed by atoms with Gasteiger partial charge < -0.3 is 25.6 Å². The predicted octanol–water partition coefficient (Wildman–Crippen LogP) is 3.19. The molecule has 3 amide bonds. The van der Waals surface area contributed by atoms with E-state index in [2.05, 4.69) is 16.0 Å². The largest absolute Gasteiger partial charge is 0.484 e. The number of rotatable bonds is 13. The predicted molar refractivity (Wildman–Crippen MR) is 166 cm³/mol. The fourth-order valence-electron chi connectivity index (χ4n) is 5.00. The van der Waals surface area contributed by atoms with E-state index in [0.29, 0.717) is 22.4 Å². The lowest BCUT2D eigenvalue weighted by Gasteiger charge is -2.50. The average Bonchev–Trinajstić information content (AvgIpc) is 2.99. The van der Waals surface area contributed by atoms with Crippen LogP contribution < -0.4 is 20.7 Å². The molecule has 3 aromatic carbocycles. The van der Waals surface area contributed by atoms with Crippen molar-refractivity contribution in [3.8, 4) is 5.75 Å². The molecule has 4 rings (SSSR count). The minimum atomic E-state index is -1.05. The van der Waals surface area contributed by atoms with Crippen LogP contribution in [0.1, 0.15) is 43.6 Å². The molecule has 1 heterocycles. The van der Waals surface area contributed by atoms with E-state index >= 15 is 0 Å². The highest BCUT2D eigenvalue weighted by Gasteiger charge is 2.56. The van der Waals surface area contributed by atoms with Gasteiger partial charge in [-0.25, -0.2) is 8.78 Å². The number of hydrogen-bond acceptors (Lipinski definition) is 8. The van der Waals surface area contributed by atoms with Crippen molar-refractivity contribution in [1.82, 2.24) is 16.0 Å². The lowest BCUT2D eigenvalue weighted by Crippen LogP contribution is -2.69. The van der Waals surface area contributed by atoms with Gasteiger partial charge in [-0.1, -0.05) is 57.2 Å². The minimum absolute atomic E-state index is 0.147. The summed E-state index contributed by atoms with van der Waals surface area (Å²) >= 11 is 1.23. The number of hydrogen-bond donors (Lipinski definition) is 5. The Labute approximate surface area is 264 Å². The number of β-lactam (4-membered cyclic amide) rings is 1. The Morgan fingerprint density at radius 3 is 2.04 bits per heavy atom. The topological polar surface area (TPSA) is 137 Å². The summed E-state index contributed by atoms with van der Waals surface area (Å²) < 4.78 is 32.7. The maximum Gasteiger partial charge on any atom is 0.264 e. The number of ether oxygens (including phenoxy) is 1. The van der Waals surface area contributed by atoms with E-state index < -0.39 is 46.9 Å². The first-order valence-corrected chi connectivity index (χ1v) is 15.4. The zero-order valence-corrected chi connectivity index (χ0v) is 26.0. The second-order valence-electron chi connectivity index (χ2n) is 11.9. The van der Waals surface area contributed by atoms with E-state index in [1.54, 1.807) is 36.4 Å². The van der Waals surface area contributed by atoms with Crippen LogP contribution in [0.3, 0.4) is 0 Å². The van der Waals surface area contributed by atoms with Crippen LogP contribution in [0.15, 0.2) is 72.8 Å². The van der Waals surface area contributed by atoms with Gasteiger partial charge in [-0.05, 0) is 58.5 Å². The third-order valence-electron chi connectivity index (χ3n) is 7.62. The number of carbonyl (C=O) groups is 3. The molecule has 1 aliphatic heterocycles. The SMILES string of the molecule is CC(C)(C)C(CO)NCC(=O)NC(=O)COc1ccc([C@]2(c3ccc(F)cc3)NC(=O)[C@@H]2SCC(O)c2ccc(F)cc2)cc1. The first kappa shape index (κ1) is 34.0. The molecule has 0 bridgehead atoms. The van der Waals surface area contributed by atoms with Gasteiger partial charge in [0.15, 0.2) is 6.61 Å². The number of halogens is 2. The molecule has 45 heavy (non-hydrogen) atoms. The van der Waals surface area contributed by atoms with Crippen molar-refractivity contribution >= 4 is 29.5 Å². The smallest absolute Gasteiger partial charge is 0.264 e. The van der Waals surface area contributed by atoms with Crippen LogP contribution in [0, 0.1) is 17.0 Å². The van der Waals surface area contributed by atoms with E-state index in [4.69, 9.17) is 4.74 Å². The molecule has 0 aliphatic carbocycles. The molecule has 0 aromatic heterocycles. The maximum atomic E-state index is 13.8. The molecule has 1 saturated heterocycles. The van der Waals surface area contributed by atoms with Crippen molar-refractivity contribution in [2.24, 2.45) is 5.41 Å². The summed E-state index contributed by atoms with van der Waals surface area (Å²) in [6.07, 6.45) is -0.950. The Balaban J connectivity index is 1.42. The Kier molecular flexibility index (Phi) is 11.0. The fraction of sp³-hybridized carbons (Fsp3) is 0.364. The van der Waals surface area contributed by atoms with Crippen LogP contribution >= 0.6 is 11.8 Å². The lowest BCUT2D eigenvalue weighted by molar-refractivity contribution is -0.132. The standard InChI is InChI=1S/C33H37F2N3O6S/c1-32(2,3)27(17-39)36-16-28(41)37-29(42)18-44-25-14-8-22(9-15-25)33(21-6-12-24(35)13-7-21)30(31(43)38-33)45-19-26(40)20-4-10-23(34)11-5-20/h4-15,26-27,30,36,39-40H,16-19H2,1-3H3,(H,38,43)(H,37,41,42)/t26?,27?,30-,33-/m0/s1. The zero-order chi connectivity index (χ0) is 32.8. The summed E-state index contributed by atoms with van der Waals surface area (Å²) in [5.41, 5.74) is 0.478. The highest BCUT2D eigenvalue weighted by atomic mass is 32.2. The summed E-state index contributed by atoms with van der Waals surface area (Å²) in [6, 6.07) is 17.6. The minimum Gasteiger partial charge on any atom is -0.484 e. The van der Waals surface area contributed by atoms with Crippen LogP contribution in [0.4, 0.5) is 8.78 Å². The number of carbonyl (C=O) groups excluding carboxylic acids is 3. The van der Waals surface area contributed by atoms with Crippen molar-refractivity contribution in [3.05, 3.63) is 101 Å². The fourth-order valence-corrected chi connectivity index (χ4v) is 6.36. The van der Waals surface area contributed by atoms with E-state index in [-0.39, 0.29) is 36.3 Å². The van der Waals surface area contributed by atoms with E-state index in [0.717, 1.165) is 0 Å². The molecule has 3 aromatic rings. The number of benzene rings is 3. The second kappa shape index (κ2) is 14.5. The molecule has 9 nitrogen and oxygen atoms in total. The van der Waals surface area contributed by atoms with Crippen LogP contribution in [0.25, 0.3) is 0 Å². The number of nitrogens with one attached hydrogen (secondary N) is 3. The highest BCUT2D eigenvalue weighted by Crippen LogP contribution is 2.46. The van der Waals surface area contributed by atoms with E-state index in [9.17, 15) is 33.4 Å². The molecule has 12 heteroatoms. The quantitative estimate of drug-likeness (QED) is 0.180. The van der Waals surface area contributed by atoms with E-state index in [1.165, 1.54) is 48.2 Å². The van der Waals surface area contributed by atoms with Gasteiger partial charge in [0.1, 0.15) is 28.2 Å². The van der Waals surface area contributed by atoms with Crippen LogP contribution in [0.2, 0.25) is 0 Å². The van der Waals surface area contributed by atoms with Gasteiger partial charge in [-0.2, -0.15) is 0 Å². The molecule has 0 radical (unpaired) electrons. The second-order valence-corrected chi connectivity index (χ2v) is 13.0. The molecule has 0 spiro atoms. The van der Waals surface area contributed by atoms with Crippen LogP contribution in [-0.4, -0.2) is 64.7 Å². The summed E-state index contributed by atoms with van der Waals surface area (Å²) in [7, 11) is 0. The third kappa shape index (κ3) is 8.26. The maximum absolute atomic E-state index is 13.8. The van der Waals surface area contributed by atoms with Gasteiger partial charge in [0, 0.05) is 11.8 Å². The van der Waals surface area contributed by atoms with Gasteiger partial charge in [0.05, 0.1) is 19.3 Å². The molecule has 240 valence electrons. The third-order valence-corrected chi connectivity index (χ3v) is 9.03. The molecule has 2 unspecified atom stereocenters. The molecular formula is C33H37F2N3O6S. The van der Waals surface area contributed by atoms with E-state index in [1.807, 2.05) is 20.8 Å². The Morgan fingerprint density at radius 1 is 0.956 bits per heavy atom. The van der Waals surface area contributed by atoms with Crippen LogP contribution in [0.5, 0.6) is 5.75 Å². The van der Waals surface area contributed by atoms with Gasteiger partial charge in [0.2, 0.25) is 11.8 Å². The first-order chi connectivity index (χ1) is 21.3. The average molecular weight is 642 g/mol. The molecular weight excluding hydrogens is 604 g/mol. The monoisotopic (exact) mass is 641 g/mol. The number of imide groups is 1. The number of aliphatic hydroxyl groups excluding tert-OH is 2. The summed E-state index contributed by atoms with van der Waals surface area (Å²) in [6.45, 7) is 5.02. The Morgan fingerprint density at radius 2 is 1.51 bits per heavy atom. The lowest BCUT2D eigenvalue weighted by atomic mass is 9.74. The van der Waals surface area contributed by atoms with Crippen molar-refractivity contribution < 1.29 is 38.1 Å². The summed E-state index contributed by atoms with van der Waals surface area (Å²) in [5.74, 6) is -1.84. The highest BCUT2D eigenvalue weighted by molar-refractivity contribution is 8.00. The van der Waals surface area contributed by atoms with Crippen molar-refractivity contribution in [2.45, 2.75) is 43.7 Å². The number of thioether (sulfide) groups is 1. The van der Waals surface area contributed by atoms with Gasteiger partial charge >= 0.3 is 0 Å². The molecule has 4 atom stereocenters. The van der Waals surface area contributed by atoms with Gasteiger partial charge in [0.25, 0.3) is 5.91 Å². The van der Waals surface area contributed by atoms with Crippen molar-refractivity contribution in [3.63, 3.8) is 0 Å². The Hall–Kier alpha value is -3.84. The Bertz CT molecular complexity index is 1480. The molecule has 1 fully saturated rings. The van der Waals surface area contributed by atoms with Crippen molar-refractivity contribution in [1.29, 1.82) is 0 Å². The molecule has 0 saturated carbocycles. The number of amides is 3. The van der Waals surface area contributed by atoms with Crippen LogP contribution in [-0.2, 0) is 19.9 Å². The number of aliphatic hydroxyl groups is 2. The summed E-state index contributed by atoms with van der Waals surface area (Å²) in [4.78, 5) is 37.4. The van der Waals surface area contributed by atoms with Crippen molar-refractivity contribution in [2.75, 3.05) is 25.5 Å². The first-order valence-electron chi connectivity index (χ1n) is 14.4. The normalized spacial score (nSPS) is 19.2. The van der Waals surface area contributed by atoms with Gasteiger partial charge in [-0.3, -0.25) is 19.7 Å². The summed E-state index contributed by atoms with van der Waals surface area (Å²) in [5, 5.41) is 27.7. The molecule has 1 aliphatic rings. The van der Waals surface area contributed by atoms with Gasteiger partial charge in [-0.15, -0.1) is 11.8 Å².